The van der Waals surface area contributed by atoms with Crippen LogP contribution in [0.4, 0.5) is 34.1 Å². The normalized spacial score (nSPS) is 16.0. The fraction of sp³-hybridized carbons (Fsp3) is 0. The van der Waals surface area contributed by atoms with Crippen LogP contribution in [0.2, 0.25) is 0 Å². The van der Waals surface area contributed by atoms with Gasteiger partial charge < -0.3 is 10.4 Å². The first kappa shape index (κ1) is 41.3. The Balaban J connectivity index is 1.36. The molecule has 0 radical (unpaired) electrons. The molecule has 2 aliphatic rings. The average molecular weight is 865 g/mol. The topological polar surface area (TPSA) is 346 Å². The second kappa shape index (κ2) is 15.9. The van der Waals surface area contributed by atoms with Crippen LogP contribution in [0.1, 0.15) is 15.9 Å². The van der Waals surface area contributed by atoms with Gasteiger partial charge in [0, 0.05) is 30.0 Å². The Morgan fingerprint density at radius 2 is 1.34 bits per heavy atom. The number of carbonyl (C=O) groups excluding carboxylic acids is 2. The summed E-state index contributed by atoms with van der Waals surface area (Å²) in [6.07, 6.45) is 2.21. The summed E-state index contributed by atoms with van der Waals surface area (Å²) in [6.45, 7) is 0. The number of nitro benzene ring substituents is 1. The molecule has 0 unspecified atom stereocenters. The van der Waals surface area contributed by atoms with Crippen LogP contribution in [-0.4, -0.2) is 71.9 Å². The lowest BCUT2D eigenvalue weighted by molar-refractivity contribution is -0.384. The maximum absolute atomic E-state index is 13.9. The zero-order valence-electron chi connectivity index (χ0n) is 29.1. The number of hydrazone groups is 2. The van der Waals surface area contributed by atoms with Crippen molar-refractivity contribution >= 4 is 93.5 Å². The Morgan fingerprint density at radius 3 is 1.97 bits per heavy atom. The van der Waals surface area contributed by atoms with Gasteiger partial charge in [-0.2, -0.15) is 35.5 Å². The molecular formula is C34H24N8O14S3. The number of fused-ring (bicyclic) bond motifs is 1. The molecule has 22 nitrogen and oxygen atoms in total. The van der Waals surface area contributed by atoms with Crippen molar-refractivity contribution in [2.45, 2.75) is 9.79 Å². The number of benzene rings is 4. The lowest BCUT2D eigenvalue weighted by Gasteiger charge is -2.18. The number of nitrogens with zero attached hydrogens (tertiary/aromatic N) is 5. The van der Waals surface area contributed by atoms with Crippen molar-refractivity contribution in [2.24, 2.45) is 20.4 Å². The number of nitro groups is 1. The number of carbonyl (C=O) groups is 2. The van der Waals surface area contributed by atoms with Gasteiger partial charge in [0.1, 0.15) is 27.0 Å². The molecule has 0 amide bonds. The number of aliphatic hydroxyl groups excluding tert-OH is 1. The summed E-state index contributed by atoms with van der Waals surface area (Å²) in [7, 11) is -15.1. The molecule has 59 heavy (non-hydrogen) atoms. The molecule has 302 valence electrons. The molecule has 0 saturated carbocycles. The molecule has 0 heterocycles. The summed E-state index contributed by atoms with van der Waals surface area (Å²) in [6, 6.07) is 17.9. The Bertz CT molecular complexity index is 3000. The number of ketones is 2. The van der Waals surface area contributed by atoms with Crippen LogP contribution in [0.5, 0.6) is 0 Å². The highest BCUT2D eigenvalue weighted by molar-refractivity contribution is 7.91. The van der Waals surface area contributed by atoms with E-state index in [0.29, 0.717) is 30.0 Å². The van der Waals surface area contributed by atoms with Crippen molar-refractivity contribution in [3.63, 3.8) is 0 Å². The molecule has 0 bridgehead atoms. The summed E-state index contributed by atoms with van der Waals surface area (Å²) in [4.78, 5) is 34.3. The number of azo groups is 1. The number of hydrogen-bond acceptors (Lipinski definition) is 18. The van der Waals surface area contributed by atoms with E-state index in [1.165, 1.54) is 24.3 Å². The second-order valence-corrected chi connectivity index (χ2v) is 16.2. The zero-order chi connectivity index (χ0) is 42.9. The summed E-state index contributed by atoms with van der Waals surface area (Å²) in [5.74, 6) is -2.97. The quantitative estimate of drug-likeness (QED) is 0.0317. The number of aliphatic hydroxyl groups is 1. The molecule has 6 rings (SSSR count). The van der Waals surface area contributed by atoms with E-state index >= 15 is 0 Å². The first-order valence-corrected chi connectivity index (χ1v) is 20.3. The van der Waals surface area contributed by atoms with Crippen molar-refractivity contribution in [2.75, 3.05) is 16.2 Å². The Kier molecular flexibility index (Phi) is 11.2. The number of non-ortho nitro benzene ring substituents is 1. The van der Waals surface area contributed by atoms with Crippen LogP contribution in [0.15, 0.2) is 144 Å². The third kappa shape index (κ3) is 9.47. The van der Waals surface area contributed by atoms with Crippen LogP contribution in [0.25, 0.3) is 6.08 Å². The van der Waals surface area contributed by atoms with Crippen LogP contribution < -0.4 is 16.2 Å². The number of para-hydroxylation sites is 1. The van der Waals surface area contributed by atoms with E-state index in [0.717, 1.165) is 24.3 Å². The third-order valence-corrected chi connectivity index (χ3v) is 10.6. The van der Waals surface area contributed by atoms with E-state index in [9.17, 15) is 63.7 Å². The number of hydrogen-bond donors (Lipinski definition) is 7. The highest BCUT2D eigenvalue weighted by Crippen LogP contribution is 2.36. The summed E-state index contributed by atoms with van der Waals surface area (Å²) in [5.41, 5.74) is 1.34. The number of Topliss-reactive ketones (excluding diaryl/α,β-unsaturated/α-hetero) is 1. The Hall–Kier alpha value is -7.29. The maximum Gasteiger partial charge on any atom is 0.296 e. The van der Waals surface area contributed by atoms with E-state index in [-0.39, 0.29) is 22.7 Å². The molecular weight excluding hydrogens is 841 g/mol. The van der Waals surface area contributed by atoms with Crippen molar-refractivity contribution in [3.05, 3.63) is 135 Å². The molecule has 0 atom stereocenters. The number of rotatable bonds is 12. The molecule has 4 aromatic carbocycles. The lowest BCUT2D eigenvalue weighted by atomic mass is 9.93. The predicted molar refractivity (Wildman–Crippen MR) is 210 cm³/mol. The van der Waals surface area contributed by atoms with E-state index in [4.69, 9.17) is 0 Å². The summed E-state index contributed by atoms with van der Waals surface area (Å²) in [5, 5.41) is 39.7. The van der Waals surface area contributed by atoms with Gasteiger partial charge in [0.15, 0.2) is 5.71 Å². The molecule has 0 fully saturated rings. The molecule has 0 spiro atoms. The predicted octanol–water partition coefficient (Wildman–Crippen LogP) is 5.19. The monoisotopic (exact) mass is 864 g/mol. The SMILES string of the molecule is O=C1C=C(O)C(N=Nc2cc(S(=O)(=O)O)cc3c2C(=O)C(=NNc2ccc([N+](=O)[O-])cc2)C(S(=O)(=O)O)=C3)=CC1=NNc1ccc(Nc2ccccc2)c(S(=O)(=O)O)c1. The zero-order valence-corrected chi connectivity index (χ0v) is 31.6. The molecule has 0 aromatic heterocycles. The van der Waals surface area contributed by atoms with Gasteiger partial charge in [0.2, 0.25) is 11.6 Å². The fourth-order valence-electron chi connectivity index (χ4n) is 5.26. The average Bonchev–Trinajstić information content (AvgIpc) is 3.16. The van der Waals surface area contributed by atoms with Gasteiger partial charge >= 0.3 is 0 Å². The van der Waals surface area contributed by atoms with E-state index in [2.05, 4.69) is 36.6 Å². The van der Waals surface area contributed by atoms with E-state index in [1.807, 2.05) is 0 Å². The minimum atomic E-state index is -5.26. The fourth-order valence-corrected chi connectivity index (χ4v) is 7.13. The van der Waals surface area contributed by atoms with Gasteiger partial charge in [-0.1, -0.05) is 18.2 Å². The van der Waals surface area contributed by atoms with Crippen molar-refractivity contribution in [1.82, 2.24) is 0 Å². The maximum atomic E-state index is 13.9. The van der Waals surface area contributed by atoms with Crippen molar-refractivity contribution in [1.29, 1.82) is 0 Å². The first-order chi connectivity index (χ1) is 27.7. The summed E-state index contributed by atoms with van der Waals surface area (Å²) >= 11 is 0. The highest BCUT2D eigenvalue weighted by atomic mass is 32.2. The van der Waals surface area contributed by atoms with Gasteiger partial charge in [-0.05, 0) is 66.2 Å². The Morgan fingerprint density at radius 1 is 0.678 bits per heavy atom. The van der Waals surface area contributed by atoms with E-state index in [1.54, 1.807) is 30.3 Å². The smallest absolute Gasteiger partial charge is 0.296 e. The van der Waals surface area contributed by atoms with Crippen LogP contribution in [-0.2, 0) is 35.1 Å². The summed E-state index contributed by atoms with van der Waals surface area (Å²) < 4.78 is 103. The molecule has 0 aliphatic heterocycles. The van der Waals surface area contributed by atoms with Gasteiger partial charge in [0.25, 0.3) is 36.0 Å². The molecule has 2 aliphatic carbocycles. The van der Waals surface area contributed by atoms with Gasteiger partial charge in [-0.25, -0.2) is 0 Å². The van der Waals surface area contributed by atoms with Crippen LogP contribution in [0, 0.1) is 10.1 Å². The molecule has 25 heteroatoms. The Labute approximate surface area is 332 Å². The van der Waals surface area contributed by atoms with Crippen molar-refractivity contribution in [3.8, 4) is 0 Å². The minimum Gasteiger partial charge on any atom is -0.505 e. The number of nitrogens with one attached hydrogen (secondary N) is 3. The highest BCUT2D eigenvalue weighted by Gasteiger charge is 2.36. The van der Waals surface area contributed by atoms with Gasteiger partial charge in [0.05, 0.1) is 38.1 Å². The number of allylic oxidation sites excluding steroid dienone is 3. The first-order valence-electron chi connectivity index (χ1n) is 16.0. The molecule has 0 saturated heterocycles. The minimum absolute atomic E-state index is 0.00341. The lowest BCUT2D eigenvalue weighted by Crippen LogP contribution is -2.27. The van der Waals surface area contributed by atoms with Crippen LogP contribution >= 0.6 is 0 Å². The second-order valence-electron chi connectivity index (χ2n) is 12.0. The van der Waals surface area contributed by atoms with Crippen LogP contribution in [0.3, 0.4) is 0 Å². The molecule has 7 N–H and O–H groups in total. The van der Waals surface area contributed by atoms with E-state index < -0.39 is 101 Å². The number of anilines is 4. The van der Waals surface area contributed by atoms with Gasteiger partial charge in [-0.15, -0.1) is 10.2 Å². The molecule has 4 aromatic rings. The standard InChI is InChI=1S/C34H24N8O14S3/c43-28-17-29(44)26(16-25(28)38-37-21-8-11-24(30(14-21)58(51,52)53)35-19-4-2-1-3-5-19)39-40-27-15-23(57(48,49)50)12-18-13-31(59(54,55)56)33(34(45)32(18)27)41-36-20-6-9-22(10-7-20)42(46)47/h1-17,35-37,44H,(H,48,49,50)(H,51,52,53)(H,54,55,56). The third-order valence-electron chi connectivity index (χ3n) is 7.97. The van der Waals surface area contributed by atoms with Crippen molar-refractivity contribution < 1.29 is 58.5 Å². The van der Waals surface area contributed by atoms with Gasteiger partial charge in [-0.3, -0.25) is 44.2 Å². The largest absolute Gasteiger partial charge is 0.505 e.